The summed E-state index contributed by atoms with van der Waals surface area (Å²) in [6.07, 6.45) is -0.367. The van der Waals surface area contributed by atoms with Gasteiger partial charge in [0.2, 0.25) is 0 Å². The van der Waals surface area contributed by atoms with Crippen molar-refractivity contribution in [1.29, 1.82) is 0 Å². The van der Waals surface area contributed by atoms with Crippen LogP contribution in [0.2, 0.25) is 0 Å². The number of carbonyl (C=O) groups excluding carboxylic acids is 2. The zero-order valence-electron chi connectivity index (χ0n) is 15.2. The Bertz CT molecular complexity index is 686. The van der Waals surface area contributed by atoms with Crippen LogP contribution >= 0.6 is 0 Å². The lowest BCUT2D eigenvalue weighted by atomic mass is 10.2. The van der Waals surface area contributed by atoms with Gasteiger partial charge < -0.3 is 14.2 Å². The first-order valence-electron chi connectivity index (χ1n) is 8.88. The molecular formula is C21H23NO5. The molecule has 3 rings (SSSR count). The fourth-order valence-electron chi connectivity index (χ4n) is 3.02. The Hall–Kier alpha value is -2.86. The molecule has 0 saturated carbocycles. The van der Waals surface area contributed by atoms with Gasteiger partial charge in [0.25, 0.3) is 0 Å². The Labute approximate surface area is 158 Å². The summed E-state index contributed by atoms with van der Waals surface area (Å²) in [6.45, 7) is 0.621. The zero-order chi connectivity index (χ0) is 19.1. The van der Waals surface area contributed by atoms with E-state index in [1.165, 1.54) is 4.90 Å². The van der Waals surface area contributed by atoms with Crippen LogP contribution in [0.15, 0.2) is 60.7 Å². The molecule has 2 aromatic carbocycles. The van der Waals surface area contributed by atoms with Gasteiger partial charge in [-0.15, -0.1) is 0 Å². The van der Waals surface area contributed by atoms with E-state index in [4.69, 9.17) is 14.2 Å². The van der Waals surface area contributed by atoms with E-state index in [-0.39, 0.29) is 19.3 Å². The maximum Gasteiger partial charge on any atom is 0.410 e. The Kier molecular flexibility index (Phi) is 6.44. The van der Waals surface area contributed by atoms with Crippen molar-refractivity contribution in [1.82, 2.24) is 4.90 Å². The van der Waals surface area contributed by atoms with Gasteiger partial charge in [0.1, 0.15) is 19.3 Å². The van der Waals surface area contributed by atoms with Crippen LogP contribution in [0.1, 0.15) is 17.5 Å². The van der Waals surface area contributed by atoms with Crippen molar-refractivity contribution in [3.05, 3.63) is 71.8 Å². The summed E-state index contributed by atoms with van der Waals surface area (Å²) >= 11 is 0. The average molecular weight is 369 g/mol. The maximum absolute atomic E-state index is 12.5. The second-order valence-electron chi connectivity index (χ2n) is 6.40. The number of ether oxygens (including phenoxy) is 3. The van der Waals surface area contributed by atoms with Gasteiger partial charge in [-0.3, -0.25) is 4.90 Å². The number of likely N-dealkylation sites (tertiary alicyclic amines) is 1. The molecule has 1 amide bonds. The first-order valence-corrected chi connectivity index (χ1v) is 8.88. The van der Waals surface area contributed by atoms with E-state index in [9.17, 15) is 9.59 Å². The van der Waals surface area contributed by atoms with Gasteiger partial charge in [0.05, 0.1) is 12.6 Å². The largest absolute Gasteiger partial charge is 0.459 e. The predicted molar refractivity (Wildman–Crippen MR) is 98.8 cm³/mol. The summed E-state index contributed by atoms with van der Waals surface area (Å²) < 4.78 is 16.1. The van der Waals surface area contributed by atoms with Gasteiger partial charge in [-0.25, -0.2) is 9.59 Å². The molecule has 6 nitrogen and oxygen atoms in total. The molecule has 2 atom stereocenters. The molecule has 1 saturated heterocycles. The summed E-state index contributed by atoms with van der Waals surface area (Å²) in [5.41, 5.74) is 1.78. The molecule has 1 aliphatic rings. The molecule has 0 aromatic heterocycles. The van der Waals surface area contributed by atoms with E-state index in [2.05, 4.69) is 0 Å². The monoisotopic (exact) mass is 369 g/mol. The minimum atomic E-state index is -0.707. The van der Waals surface area contributed by atoms with Crippen LogP contribution < -0.4 is 0 Å². The van der Waals surface area contributed by atoms with Gasteiger partial charge in [0.15, 0.2) is 0 Å². The van der Waals surface area contributed by atoms with Gasteiger partial charge in [-0.05, 0) is 11.1 Å². The smallest absolute Gasteiger partial charge is 0.410 e. The highest BCUT2D eigenvalue weighted by Crippen LogP contribution is 2.23. The third-order valence-corrected chi connectivity index (χ3v) is 4.53. The summed E-state index contributed by atoms with van der Waals surface area (Å²) in [7, 11) is 1.57. The average Bonchev–Trinajstić information content (AvgIpc) is 3.16. The number of benzene rings is 2. The van der Waals surface area contributed by atoms with Crippen LogP contribution in [-0.4, -0.2) is 42.8 Å². The molecule has 0 aliphatic carbocycles. The van der Waals surface area contributed by atoms with Gasteiger partial charge in [-0.1, -0.05) is 60.7 Å². The fraction of sp³-hybridized carbons (Fsp3) is 0.333. The number of carbonyl (C=O) groups is 2. The van der Waals surface area contributed by atoms with Gasteiger partial charge in [0, 0.05) is 13.5 Å². The third kappa shape index (κ3) is 5.08. The van der Waals surface area contributed by atoms with Crippen molar-refractivity contribution in [3.63, 3.8) is 0 Å². The molecule has 0 spiro atoms. The van der Waals surface area contributed by atoms with E-state index < -0.39 is 18.1 Å². The first kappa shape index (κ1) is 18.9. The van der Waals surface area contributed by atoms with Crippen molar-refractivity contribution >= 4 is 12.1 Å². The van der Waals surface area contributed by atoms with Gasteiger partial charge >= 0.3 is 12.1 Å². The summed E-state index contributed by atoms with van der Waals surface area (Å²) in [4.78, 5) is 26.4. The quantitative estimate of drug-likeness (QED) is 0.732. The third-order valence-electron chi connectivity index (χ3n) is 4.53. The highest BCUT2D eigenvalue weighted by molar-refractivity contribution is 5.82. The van der Waals surface area contributed by atoms with E-state index in [1.807, 2.05) is 60.7 Å². The minimum absolute atomic E-state index is 0.152. The molecule has 6 heteroatoms. The molecule has 0 unspecified atom stereocenters. The van der Waals surface area contributed by atoms with Crippen molar-refractivity contribution in [2.45, 2.75) is 31.8 Å². The lowest BCUT2D eigenvalue weighted by Crippen LogP contribution is -2.41. The zero-order valence-corrected chi connectivity index (χ0v) is 15.2. The normalized spacial score (nSPS) is 18.9. The highest BCUT2D eigenvalue weighted by atomic mass is 16.6. The fourth-order valence-corrected chi connectivity index (χ4v) is 3.02. The number of esters is 1. The number of hydrogen-bond acceptors (Lipinski definition) is 5. The lowest BCUT2D eigenvalue weighted by Gasteiger charge is -2.22. The van der Waals surface area contributed by atoms with Crippen LogP contribution in [0.4, 0.5) is 4.79 Å². The van der Waals surface area contributed by atoms with E-state index in [1.54, 1.807) is 7.11 Å². The Morgan fingerprint density at radius 2 is 1.48 bits per heavy atom. The molecule has 2 aromatic rings. The van der Waals surface area contributed by atoms with Crippen LogP contribution in [0.5, 0.6) is 0 Å². The van der Waals surface area contributed by atoms with Crippen LogP contribution in [0.25, 0.3) is 0 Å². The molecular weight excluding hydrogens is 346 g/mol. The molecule has 0 radical (unpaired) electrons. The summed E-state index contributed by atoms with van der Waals surface area (Å²) in [5.74, 6) is -0.449. The standard InChI is InChI=1S/C21H23NO5/c1-25-18-12-19(20(23)26-14-16-8-4-2-5-9-16)22(13-18)21(24)27-15-17-10-6-3-7-11-17/h2-11,18-19H,12-15H2,1H3/t18-,19-/m0/s1. The number of amides is 1. The first-order chi connectivity index (χ1) is 13.2. The van der Waals surface area contributed by atoms with Crippen molar-refractivity contribution in [3.8, 4) is 0 Å². The summed E-state index contributed by atoms with van der Waals surface area (Å²) in [5, 5.41) is 0. The van der Waals surface area contributed by atoms with Crippen LogP contribution in [0.3, 0.4) is 0 Å². The van der Waals surface area contributed by atoms with Crippen molar-refractivity contribution in [2.24, 2.45) is 0 Å². The Balaban J connectivity index is 1.59. The van der Waals surface area contributed by atoms with Crippen molar-refractivity contribution in [2.75, 3.05) is 13.7 Å². The highest BCUT2D eigenvalue weighted by Gasteiger charge is 2.41. The SMILES string of the molecule is CO[C@H]1C[C@@H](C(=O)OCc2ccccc2)N(C(=O)OCc2ccccc2)C1. The minimum Gasteiger partial charge on any atom is -0.459 e. The topological polar surface area (TPSA) is 65.1 Å². The van der Waals surface area contributed by atoms with Gasteiger partial charge in [-0.2, -0.15) is 0 Å². The molecule has 142 valence electrons. The molecule has 0 N–H and O–H groups in total. The second kappa shape index (κ2) is 9.19. The van der Waals surface area contributed by atoms with E-state index in [0.717, 1.165) is 11.1 Å². The molecule has 1 aliphatic heterocycles. The Morgan fingerprint density at radius 3 is 2.04 bits per heavy atom. The van der Waals surface area contributed by atoms with E-state index >= 15 is 0 Å². The van der Waals surface area contributed by atoms with Crippen LogP contribution in [-0.2, 0) is 32.2 Å². The van der Waals surface area contributed by atoms with Crippen molar-refractivity contribution < 1.29 is 23.8 Å². The second-order valence-corrected chi connectivity index (χ2v) is 6.40. The molecule has 1 heterocycles. The maximum atomic E-state index is 12.5. The molecule has 1 fully saturated rings. The predicted octanol–water partition coefficient (Wildman–Crippen LogP) is 3.16. The van der Waals surface area contributed by atoms with Crippen LogP contribution in [0, 0.1) is 0 Å². The molecule has 0 bridgehead atoms. The number of nitrogens with zero attached hydrogens (tertiary/aromatic N) is 1. The summed E-state index contributed by atoms with van der Waals surface area (Å²) in [6, 6.07) is 18.1. The Morgan fingerprint density at radius 1 is 0.926 bits per heavy atom. The number of methoxy groups -OCH3 is 1. The number of hydrogen-bond donors (Lipinski definition) is 0. The number of rotatable bonds is 6. The molecule has 27 heavy (non-hydrogen) atoms. The lowest BCUT2D eigenvalue weighted by molar-refractivity contribution is -0.149. The van der Waals surface area contributed by atoms with E-state index in [0.29, 0.717) is 13.0 Å².